The predicted molar refractivity (Wildman–Crippen MR) is 65.1 cm³/mol. The lowest BCUT2D eigenvalue weighted by molar-refractivity contribution is -0.122. The second kappa shape index (κ2) is 5.48. The number of carbonyl (C=O) groups excluding carboxylic acids is 1. The number of amides is 1. The van der Waals surface area contributed by atoms with Crippen molar-refractivity contribution in [2.75, 3.05) is 13.7 Å². The first-order valence-electron chi connectivity index (χ1n) is 4.50. The first-order valence-corrected chi connectivity index (χ1v) is 6.84. The molecule has 6 nitrogen and oxygen atoms in total. The van der Waals surface area contributed by atoms with Crippen LogP contribution < -0.4 is 15.2 Å². The summed E-state index contributed by atoms with van der Waals surface area (Å²) < 4.78 is 28.2. The number of hydrogen-bond donors (Lipinski definition) is 2. The summed E-state index contributed by atoms with van der Waals surface area (Å²) in [6, 6.07) is 4.33. The topological polar surface area (TPSA) is 98.5 Å². The van der Waals surface area contributed by atoms with E-state index in [1.54, 1.807) is 6.07 Å². The summed E-state index contributed by atoms with van der Waals surface area (Å²) in [5, 5.41) is 7.39. The van der Waals surface area contributed by atoms with Crippen molar-refractivity contribution in [1.29, 1.82) is 0 Å². The van der Waals surface area contributed by atoms with Crippen molar-refractivity contribution in [2.24, 2.45) is 5.14 Å². The van der Waals surface area contributed by atoms with Gasteiger partial charge in [-0.1, -0.05) is 15.9 Å². The van der Waals surface area contributed by atoms with E-state index in [0.717, 1.165) is 0 Å². The average molecular weight is 323 g/mol. The number of sulfonamides is 1. The molecule has 3 N–H and O–H groups in total. The molecule has 0 aliphatic heterocycles. The van der Waals surface area contributed by atoms with Gasteiger partial charge in [-0.2, -0.15) is 0 Å². The van der Waals surface area contributed by atoms with Gasteiger partial charge in [0.25, 0.3) is 5.91 Å². The van der Waals surface area contributed by atoms with E-state index in [4.69, 9.17) is 9.88 Å². The average Bonchev–Trinajstić information content (AvgIpc) is 2.25. The van der Waals surface area contributed by atoms with Crippen LogP contribution in [-0.2, 0) is 14.8 Å². The Morgan fingerprint density at radius 3 is 2.71 bits per heavy atom. The fourth-order valence-electron chi connectivity index (χ4n) is 1.04. The maximum absolute atomic E-state index is 11.3. The number of rotatable bonds is 4. The number of likely N-dealkylation sites (N-methyl/N-ethyl adjacent to an activating group) is 1. The number of primary sulfonamides is 1. The summed E-state index contributed by atoms with van der Waals surface area (Å²) in [5.74, 6) is -0.326. The number of ether oxygens (including phenoxy) is 1. The minimum Gasteiger partial charge on any atom is -0.482 e. The monoisotopic (exact) mass is 322 g/mol. The predicted octanol–water partition coefficient (Wildman–Crippen LogP) is 0.221. The quantitative estimate of drug-likeness (QED) is 0.828. The van der Waals surface area contributed by atoms with Gasteiger partial charge >= 0.3 is 0 Å². The van der Waals surface area contributed by atoms with E-state index in [2.05, 4.69) is 21.2 Å². The van der Waals surface area contributed by atoms with Crippen LogP contribution in [0.3, 0.4) is 0 Å². The summed E-state index contributed by atoms with van der Waals surface area (Å²) in [4.78, 5) is 10.8. The van der Waals surface area contributed by atoms with Gasteiger partial charge in [-0.3, -0.25) is 4.79 Å². The fourth-order valence-corrected chi connectivity index (χ4v) is 2.25. The Kier molecular flexibility index (Phi) is 4.49. The molecule has 0 spiro atoms. The third kappa shape index (κ3) is 3.99. The highest BCUT2D eigenvalue weighted by atomic mass is 79.9. The third-order valence-electron chi connectivity index (χ3n) is 1.85. The van der Waals surface area contributed by atoms with Crippen LogP contribution in [0.5, 0.6) is 5.75 Å². The lowest BCUT2D eigenvalue weighted by Gasteiger charge is -2.09. The zero-order valence-electron chi connectivity index (χ0n) is 8.94. The molecule has 8 heteroatoms. The molecular weight excluding hydrogens is 312 g/mol. The third-order valence-corrected chi connectivity index (χ3v) is 3.28. The Morgan fingerprint density at radius 2 is 2.18 bits per heavy atom. The smallest absolute Gasteiger partial charge is 0.257 e. The molecule has 0 aliphatic rings. The van der Waals surface area contributed by atoms with Crippen LogP contribution in [0.4, 0.5) is 0 Å². The van der Waals surface area contributed by atoms with E-state index in [9.17, 15) is 13.2 Å². The number of halogens is 1. The molecule has 0 radical (unpaired) electrons. The van der Waals surface area contributed by atoms with Crippen LogP contribution in [0.1, 0.15) is 0 Å². The summed E-state index contributed by atoms with van der Waals surface area (Å²) in [6.45, 7) is -0.277. The van der Waals surface area contributed by atoms with Gasteiger partial charge in [-0.05, 0) is 18.2 Å². The van der Waals surface area contributed by atoms with Crippen LogP contribution in [0.15, 0.2) is 27.6 Å². The highest BCUT2D eigenvalue weighted by molar-refractivity contribution is 9.10. The Morgan fingerprint density at radius 1 is 1.53 bits per heavy atom. The molecule has 0 saturated heterocycles. The van der Waals surface area contributed by atoms with Crippen LogP contribution >= 0.6 is 15.9 Å². The summed E-state index contributed by atoms with van der Waals surface area (Å²) in [5.41, 5.74) is 0. The molecule has 1 aromatic carbocycles. The van der Waals surface area contributed by atoms with E-state index in [-0.39, 0.29) is 23.2 Å². The molecule has 0 unspecified atom stereocenters. The van der Waals surface area contributed by atoms with Gasteiger partial charge in [0.05, 0.1) is 0 Å². The maximum atomic E-state index is 11.3. The normalized spacial score (nSPS) is 11.0. The fraction of sp³-hybridized carbons (Fsp3) is 0.222. The Balaban J connectivity index is 3.04. The van der Waals surface area contributed by atoms with Crippen LogP contribution in [0.25, 0.3) is 0 Å². The van der Waals surface area contributed by atoms with Crippen molar-refractivity contribution in [3.8, 4) is 5.75 Å². The lowest BCUT2D eigenvalue weighted by Crippen LogP contribution is -2.25. The van der Waals surface area contributed by atoms with Crippen molar-refractivity contribution in [2.45, 2.75) is 4.90 Å². The van der Waals surface area contributed by atoms with Crippen LogP contribution in [0, 0.1) is 0 Å². The number of benzene rings is 1. The van der Waals surface area contributed by atoms with E-state index in [0.29, 0.717) is 4.47 Å². The standard InChI is InChI=1S/C9H11BrN2O4S/c1-12-9(13)5-16-7-3-2-6(10)4-8(7)17(11,14)15/h2-4H,5H2,1H3,(H,12,13)(H2,11,14,15). The van der Waals surface area contributed by atoms with Crippen molar-refractivity contribution < 1.29 is 17.9 Å². The number of carbonyl (C=O) groups is 1. The van der Waals surface area contributed by atoms with Crippen molar-refractivity contribution in [3.05, 3.63) is 22.7 Å². The minimum atomic E-state index is -3.90. The summed E-state index contributed by atoms with van der Waals surface area (Å²) >= 11 is 3.13. The largest absolute Gasteiger partial charge is 0.482 e. The van der Waals surface area contributed by atoms with Gasteiger partial charge < -0.3 is 10.1 Å². The Labute approximate surface area is 107 Å². The summed E-state index contributed by atoms with van der Waals surface area (Å²) in [6.07, 6.45) is 0. The second-order valence-electron chi connectivity index (χ2n) is 3.10. The SMILES string of the molecule is CNC(=O)COc1ccc(Br)cc1S(N)(=O)=O. The molecule has 1 rings (SSSR count). The van der Waals surface area contributed by atoms with Gasteiger partial charge in [0, 0.05) is 11.5 Å². The van der Waals surface area contributed by atoms with Gasteiger partial charge in [0.2, 0.25) is 10.0 Å². The van der Waals surface area contributed by atoms with Crippen molar-refractivity contribution in [3.63, 3.8) is 0 Å². The molecule has 0 bridgehead atoms. The Hall–Kier alpha value is -1.12. The van der Waals surface area contributed by atoms with Crippen molar-refractivity contribution in [1.82, 2.24) is 5.32 Å². The molecule has 94 valence electrons. The summed E-state index contributed by atoms with van der Waals surface area (Å²) in [7, 11) is -2.45. The first-order chi connectivity index (χ1) is 7.84. The van der Waals surface area contributed by atoms with Crippen molar-refractivity contribution >= 4 is 31.9 Å². The lowest BCUT2D eigenvalue weighted by atomic mass is 10.3. The highest BCUT2D eigenvalue weighted by Crippen LogP contribution is 2.26. The van der Waals surface area contributed by atoms with E-state index in [1.807, 2.05) is 0 Å². The van der Waals surface area contributed by atoms with E-state index in [1.165, 1.54) is 19.2 Å². The molecule has 0 aromatic heterocycles. The molecule has 1 aromatic rings. The van der Waals surface area contributed by atoms with E-state index >= 15 is 0 Å². The van der Waals surface area contributed by atoms with Gasteiger partial charge in [0.15, 0.2) is 6.61 Å². The van der Waals surface area contributed by atoms with Crippen LogP contribution in [-0.4, -0.2) is 28.0 Å². The maximum Gasteiger partial charge on any atom is 0.257 e. The molecule has 0 aliphatic carbocycles. The first kappa shape index (κ1) is 13.9. The highest BCUT2D eigenvalue weighted by Gasteiger charge is 2.16. The Bertz CT molecular complexity index is 530. The molecular formula is C9H11BrN2O4S. The zero-order chi connectivity index (χ0) is 13.1. The second-order valence-corrected chi connectivity index (χ2v) is 5.54. The molecule has 0 heterocycles. The molecule has 0 atom stereocenters. The van der Waals surface area contributed by atoms with Gasteiger partial charge in [-0.25, -0.2) is 13.6 Å². The van der Waals surface area contributed by atoms with Crippen LogP contribution in [0.2, 0.25) is 0 Å². The number of nitrogens with two attached hydrogens (primary N) is 1. The number of hydrogen-bond acceptors (Lipinski definition) is 4. The molecule has 17 heavy (non-hydrogen) atoms. The minimum absolute atomic E-state index is 0.0410. The molecule has 0 saturated carbocycles. The zero-order valence-corrected chi connectivity index (χ0v) is 11.3. The molecule has 1 amide bonds. The van der Waals surface area contributed by atoms with Gasteiger partial charge in [-0.15, -0.1) is 0 Å². The van der Waals surface area contributed by atoms with Gasteiger partial charge in [0.1, 0.15) is 10.6 Å². The van der Waals surface area contributed by atoms with E-state index < -0.39 is 10.0 Å². The molecule has 0 fully saturated rings. The number of nitrogens with one attached hydrogen (secondary N) is 1.